The van der Waals surface area contributed by atoms with Crippen molar-refractivity contribution in [2.24, 2.45) is 5.73 Å². The molecule has 0 saturated carbocycles. The number of alkyl halides is 2. The summed E-state index contributed by atoms with van der Waals surface area (Å²) in [7, 11) is 1.44. The first-order valence-electron chi connectivity index (χ1n) is 7.52. The van der Waals surface area contributed by atoms with E-state index in [1.807, 2.05) is 0 Å². The summed E-state index contributed by atoms with van der Waals surface area (Å²) in [6.45, 7) is 1.52. The molecule has 4 N–H and O–H groups in total. The van der Waals surface area contributed by atoms with Crippen LogP contribution in [0.25, 0.3) is 22.2 Å². The van der Waals surface area contributed by atoms with Crippen molar-refractivity contribution < 1.29 is 18.3 Å². The second-order valence-electron chi connectivity index (χ2n) is 5.54. The zero-order chi connectivity index (χ0) is 19.0. The Balaban J connectivity index is 2.46. The first-order valence-corrected chi connectivity index (χ1v) is 7.52. The molecule has 7 nitrogen and oxygen atoms in total. The van der Waals surface area contributed by atoms with Gasteiger partial charge in [-0.1, -0.05) is 0 Å². The first kappa shape index (κ1) is 17.5. The van der Waals surface area contributed by atoms with Gasteiger partial charge in [-0.25, -0.2) is 18.7 Å². The average Bonchev–Trinajstić information content (AvgIpc) is 2.61. The standard InChI is InChI=1S/C17H15F2N5O2/c1-7-8(5-22-6-9(7)16(18)19)12-13(20)15(17(21)25)23-10-3-4-11(26-2)24-14(10)12/h3-6,16H,20H2,1-2H3,(H2,21,25). The minimum atomic E-state index is -2.71. The molecule has 3 rings (SSSR count). The van der Waals surface area contributed by atoms with E-state index in [2.05, 4.69) is 15.0 Å². The van der Waals surface area contributed by atoms with Crippen molar-refractivity contribution in [2.75, 3.05) is 12.8 Å². The number of ether oxygens (including phenoxy) is 1. The molecule has 3 aromatic rings. The first-order chi connectivity index (χ1) is 12.3. The molecule has 0 aliphatic carbocycles. The lowest BCUT2D eigenvalue weighted by Crippen LogP contribution is -2.17. The van der Waals surface area contributed by atoms with Gasteiger partial charge in [0.15, 0.2) is 5.69 Å². The molecule has 0 aliphatic rings. The van der Waals surface area contributed by atoms with Gasteiger partial charge >= 0.3 is 0 Å². The summed E-state index contributed by atoms with van der Waals surface area (Å²) >= 11 is 0. The third-order valence-electron chi connectivity index (χ3n) is 4.04. The van der Waals surface area contributed by atoms with E-state index in [1.165, 1.54) is 20.2 Å². The highest BCUT2D eigenvalue weighted by atomic mass is 19.3. The average molecular weight is 359 g/mol. The van der Waals surface area contributed by atoms with Crippen molar-refractivity contribution in [3.63, 3.8) is 0 Å². The molecule has 0 radical (unpaired) electrons. The summed E-state index contributed by atoms with van der Waals surface area (Å²) in [5.74, 6) is -0.556. The number of nitrogen functional groups attached to an aromatic ring is 1. The van der Waals surface area contributed by atoms with Gasteiger partial charge in [-0.3, -0.25) is 9.78 Å². The fraction of sp³-hybridized carbons (Fsp3) is 0.176. The molecule has 26 heavy (non-hydrogen) atoms. The van der Waals surface area contributed by atoms with E-state index < -0.39 is 12.3 Å². The second-order valence-corrected chi connectivity index (χ2v) is 5.54. The molecular weight excluding hydrogens is 344 g/mol. The lowest BCUT2D eigenvalue weighted by molar-refractivity contribution is 0.0997. The smallest absolute Gasteiger partial charge is 0.269 e. The molecule has 0 atom stereocenters. The maximum absolute atomic E-state index is 13.3. The molecule has 0 fully saturated rings. The van der Waals surface area contributed by atoms with Crippen LogP contribution in [-0.2, 0) is 0 Å². The van der Waals surface area contributed by atoms with E-state index in [9.17, 15) is 13.6 Å². The van der Waals surface area contributed by atoms with E-state index in [0.29, 0.717) is 16.6 Å². The monoisotopic (exact) mass is 359 g/mol. The van der Waals surface area contributed by atoms with Crippen LogP contribution in [0.1, 0.15) is 28.0 Å². The van der Waals surface area contributed by atoms with Crippen molar-refractivity contribution in [2.45, 2.75) is 13.3 Å². The number of carbonyl (C=O) groups is 1. The van der Waals surface area contributed by atoms with Crippen LogP contribution in [0.15, 0.2) is 24.5 Å². The number of anilines is 1. The van der Waals surface area contributed by atoms with Crippen molar-refractivity contribution in [1.82, 2.24) is 15.0 Å². The van der Waals surface area contributed by atoms with Gasteiger partial charge in [0.1, 0.15) is 5.52 Å². The van der Waals surface area contributed by atoms with Gasteiger partial charge in [0, 0.05) is 35.2 Å². The molecule has 1 amide bonds. The highest BCUT2D eigenvalue weighted by Gasteiger charge is 2.23. The number of halogens is 2. The summed E-state index contributed by atoms with van der Waals surface area (Å²) in [5, 5.41) is 0. The predicted molar refractivity (Wildman–Crippen MR) is 91.9 cm³/mol. The maximum Gasteiger partial charge on any atom is 0.269 e. The number of hydrogen-bond donors (Lipinski definition) is 2. The van der Waals surface area contributed by atoms with Crippen LogP contribution < -0.4 is 16.2 Å². The normalized spacial score (nSPS) is 11.1. The Kier molecular flexibility index (Phi) is 4.37. The Hall–Kier alpha value is -3.36. The van der Waals surface area contributed by atoms with Gasteiger partial charge in [0.05, 0.1) is 18.3 Å². The van der Waals surface area contributed by atoms with E-state index in [4.69, 9.17) is 16.2 Å². The van der Waals surface area contributed by atoms with Crippen LogP contribution in [0.2, 0.25) is 0 Å². The molecule has 0 saturated heterocycles. The van der Waals surface area contributed by atoms with Gasteiger partial charge in [-0.15, -0.1) is 0 Å². The molecule has 0 aromatic carbocycles. The lowest BCUT2D eigenvalue weighted by Gasteiger charge is -2.16. The number of fused-ring (bicyclic) bond motifs is 1. The van der Waals surface area contributed by atoms with Gasteiger partial charge < -0.3 is 16.2 Å². The zero-order valence-corrected chi connectivity index (χ0v) is 14.0. The topological polar surface area (TPSA) is 117 Å². The SMILES string of the molecule is COc1ccc2nc(C(N)=O)c(N)c(-c3cncc(C(F)F)c3C)c2n1. The number of nitrogens with zero attached hydrogens (tertiary/aromatic N) is 3. The molecule has 0 aliphatic heterocycles. The second kappa shape index (κ2) is 6.51. The van der Waals surface area contributed by atoms with Crippen LogP contribution in [0.5, 0.6) is 5.88 Å². The Labute approximate surface area is 147 Å². The molecule has 0 bridgehead atoms. The Morgan fingerprint density at radius 1 is 1.23 bits per heavy atom. The molecule has 0 spiro atoms. The van der Waals surface area contributed by atoms with Crippen LogP contribution in [0.3, 0.4) is 0 Å². The van der Waals surface area contributed by atoms with E-state index in [0.717, 1.165) is 6.20 Å². The summed E-state index contributed by atoms with van der Waals surface area (Å²) in [4.78, 5) is 24.1. The third-order valence-corrected chi connectivity index (χ3v) is 4.04. The number of primary amides is 1. The molecule has 9 heteroatoms. The van der Waals surface area contributed by atoms with Crippen molar-refractivity contribution >= 4 is 22.6 Å². The Morgan fingerprint density at radius 2 is 1.96 bits per heavy atom. The highest BCUT2D eigenvalue weighted by molar-refractivity contribution is 6.07. The Bertz CT molecular complexity index is 1020. The summed E-state index contributed by atoms with van der Waals surface area (Å²) in [5.41, 5.74) is 12.5. The predicted octanol–water partition coefficient (Wildman–Crippen LogP) is 2.63. The number of hydrogen-bond acceptors (Lipinski definition) is 6. The molecule has 0 unspecified atom stereocenters. The number of rotatable bonds is 4. The highest BCUT2D eigenvalue weighted by Crippen LogP contribution is 2.38. The van der Waals surface area contributed by atoms with Crippen molar-refractivity contribution in [1.29, 1.82) is 0 Å². The van der Waals surface area contributed by atoms with Crippen LogP contribution >= 0.6 is 0 Å². The minimum Gasteiger partial charge on any atom is -0.481 e. The lowest BCUT2D eigenvalue weighted by atomic mass is 9.96. The van der Waals surface area contributed by atoms with Gasteiger partial charge in [-0.2, -0.15) is 0 Å². The molecule has 3 aromatic heterocycles. The van der Waals surface area contributed by atoms with Gasteiger partial charge in [0.2, 0.25) is 5.88 Å². The van der Waals surface area contributed by atoms with Gasteiger partial charge in [-0.05, 0) is 18.6 Å². The summed E-state index contributed by atoms with van der Waals surface area (Å²) < 4.78 is 31.7. The van der Waals surface area contributed by atoms with E-state index in [1.54, 1.807) is 12.1 Å². The minimum absolute atomic E-state index is 0.0536. The number of pyridine rings is 3. The van der Waals surface area contributed by atoms with Crippen LogP contribution in [0, 0.1) is 6.92 Å². The quantitative estimate of drug-likeness (QED) is 0.739. The van der Waals surface area contributed by atoms with Gasteiger partial charge in [0.25, 0.3) is 12.3 Å². The van der Waals surface area contributed by atoms with E-state index in [-0.39, 0.29) is 34.0 Å². The van der Waals surface area contributed by atoms with Crippen LogP contribution in [-0.4, -0.2) is 28.0 Å². The number of amides is 1. The number of aromatic nitrogens is 3. The largest absolute Gasteiger partial charge is 0.481 e. The summed E-state index contributed by atoms with van der Waals surface area (Å²) in [6.07, 6.45) is -0.237. The molecule has 3 heterocycles. The van der Waals surface area contributed by atoms with Crippen molar-refractivity contribution in [3.8, 4) is 17.0 Å². The number of carbonyl (C=O) groups excluding carboxylic acids is 1. The van der Waals surface area contributed by atoms with Crippen molar-refractivity contribution in [3.05, 3.63) is 41.3 Å². The van der Waals surface area contributed by atoms with E-state index >= 15 is 0 Å². The maximum atomic E-state index is 13.3. The zero-order valence-electron chi connectivity index (χ0n) is 14.0. The third kappa shape index (κ3) is 2.77. The summed E-state index contributed by atoms with van der Waals surface area (Å²) in [6, 6.07) is 3.14. The molecule has 134 valence electrons. The van der Waals surface area contributed by atoms with Crippen LogP contribution in [0.4, 0.5) is 14.5 Å². The fourth-order valence-electron chi connectivity index (χ4n) is 2.72. The Morgan fingerprint density at radius 3 is 2.58 bits per heavy atom. The number of methoxy groups -OCH3 is 1. The molecular formula is C17H15F2N5O2. The number of nitrogens with two attached hydrogens (primary N) is 2. The fourth-order valence-corrected chi connectivity index (χ4v) is 2.72.